The van der Waals surface area contributed by atoms with Crippen molar-refractivity contribution in [2.45, 2.75) is 6.18 Å². The minimum Gasteiger partial charge on any atom is -0.365 e. The van der Waals surface area contributed by atoms with Crippen LogP contribution in [0.1, 0.15) is 21.7 Å². The van der Waals surface area contributed by atoms with Gasteiger partial charge in [-0.25, -0.2) is 9.07 Å². The number of primary amides is 1. The van der Waals surface area contributed by atoms with E-state index in [2.05, 4.69) is 26.1 Å². The summed E-state index contributed by atoms with van der Waals surface area (Å²) < 4.78 is 62.6. The third kappa shape index (κ3) is 4.91. The molecule has 0 aliphatic heterocycles. The molecular formula is C21H16ClF4N4O2P. The number of alkyl halides is 4. The molecule has 3 rings (SSSR count). The predicted molar refractivity (Wildman–Crippen MR) is 120 cm³/mol. The molecule has 2 aromatic heterocycles. The fourth-order valence-corrected chi connectivity index (χ4v) is 3.58. The van der Waals surface area contributed by atoms with Crippen molar-refractivity contribution in [1.82, 2.24) is 14.9 Å². The Morgan fingerprint density at radius 3 is 2.67 bits per heavy atom. The van der Waals surface area contributed by atoms with Crippen LogP contribution in [0.2, 0.25) is 0 Å². The first-order valence-electron chi connectivity index (χ1n) is 9.15. The van der Waals surface area contributed by atoms with Gasteiger partial charge in [-0.2, -0.15) is 18.3 Å². The summed E-state index contributed by atoms with van der Waals surface area (Å²) >= 11 is 5.82. The molecule has 0 aliphatic rings. The van der Waals surface area contributed by atoms with Crippen LogP contribution in [0, 0.1) is 0 Å². The van der Waals surface area contributed by atoms with Crippen LogP contribution in [0.4, 0.5) is 17.6 Å². The van der Waals surface area contributed by atoms with Crippen LogP contribution in [0.25, 0.3) is 22.6 Å². The standard InChI is InChI=1S/C21H16ClF4N4O2P/c1-2-3-7-15(23)13(9-22)17-16(20(27)31)18(32-29-17)14-10-28-30(19(14)21(24,25)26)11-5-4-6-12(33)8-11/h2-8,10H,1,9,33H2,(H2,27,31)/b7-3-,15-13-. The number of carbonyl (C=O) groups excluding carboxylic acids is 1. The zero-order valence-corrected chi connectivity index (χ0v) is 18.6. The molecule has 0 aliphatic carbocycles. The molecule has 1 atom stereocenters. The summed E-state index contributed by atoms with van der Waals surface area (Å²) in [6.07, 6.45) is -0.485. The first-order valence-corrected chi connectivity index (χ1v) is 10.3. The zero-order valence-electron chi connectivity index (χ0n) is 16.7. The molecule has 6 nitrogen and oxygen atoms in total. The average Bonchev–Trinajstić information content (AvgIpc) is 3.37. The lowest BCUT2D eigenvalue weighted by Gasteiger charge is -2.12. The van der Waals surface area contributed by atoms with Crippen LogP contribution >= 0.6 is 20.8 Å². The van der Waals surface area contributed by atoms with E-state index in [1.807, 2.05) is 0 Å². The predicted octanol–water partition coefficient (Wildman–Crippen LogP) is 4.81. The van der Waals surface area contributed by atoms with E-state index in [0.717, 1.165) is 12.3 Å². The number of halogens is 5. The van der Waals surface area contributed by atoms with Crippen molar-refractivity contribution < 1.29 is 26.9 Å². The molecule has 1 aromatic carbocycles. The lowest BCUT2D eigenvalue weighted by atomic mass is 10.0. The summed E-state index contributed by atoms with van der Waals surface area (Å²) in [5.74, 6) is -3.15. The number of hydrogen-bond donors (Lipinski definition) is 1. The average molecular weight is 499 g/mol. The summed E-state index contributed by atoms with van der Waals surface area (Å²) in [6.45, 7) is 3.41. The largest absolute Gasteiger partial charge is 0.434 e. The van der Waals surface area contributed by atoms with Crippen molar-refractivity contribution in [3.63, 3.8) is 0 Å². The van der Waals surface area contributed by atoms with Gasteiger partial charge in [0, 0.05) is 5.57 Å². The van der Waals surface area contributed by atoms with Crippen molar-refractivity contribution in [2.75, 3.05) is 5.88 Å². The summed E-state index contributed by atoms with van der Waals surface area (Å²) in [6, 6.07) is 6.12. The van der Waals surface area contributed by atoms with E-state index in [1.165, 1.54) is 24.3 Å². The van der Waals surface area contributed by atoms with Gasteiger partial charge in [0.2, 0.25) is 0 Å². The smallest absolute Gasteiger partial charge is 0.365 e. The minimum absolute atomic E-state index is 0.114. The van der Waals surface area contributed by atoms with Gasteiger partial charge in [0.15, 0.2) is 11.5 Å². The number of carbonyl (C=O) groups is 1. The van der Waals surface area contributed by atoms with Crippen LogP contribution in [0.5, 0.6) is 0 Å². The van der Waals surface area contributed by atoms with Crippen LogP contribution in [0.3, 0.4) is 0 Å². The summed E-state index contributed by atoms with van der Waals surface area (Å²) in [7, 11) is 2.37. The second-order valence-electron chi connectivity index (χ2n) is 6.57. The number of nitrogens with zero attached hydrogens (tertiary/aromatic N) is 3. The summed E-state index contributed by atoms with van der Waals surface area (Å²) in [5, 5.41) is 8.06. The number of benzene rings is 1. The highest BCUT2D eigenvalue weighted by Gasteiger charge is 2.41. The molecular weight excluding hydrogens is 483 g/mol. The molecule has 0 spiro atoms. The van der Waals surface area contributed by atoms with Gasteiger partial charge in [0.05, 0.1) is 23.3 Å². The number of amides is 1. The monoisotopic (exact) mass is 498 g/mol. The minimum atomic E-state index is -4.91. The normalized spacial score (nSPS) is 12.8. The maximum absolute atomic E-state index is 14.6. The fraction of sp³-hybridized carbons (Fsp3) is 0.0952. The topological polar surface area (TPSA) is 86.9 Å². The van der Waals surface area contributed by atoms with Crippen LogP contribution in [-0.4, -0.2) is 26.7 Å². The van der Waals surface area contributed by atoms with Gasteiger partial charge in [-0.15, -0.1) is 20.8 Å². The zero-order chi connectivity index (χ0) is 24.3. The van der Waals surface area contributed by atoms with Gasteiger partial charge in [-0.05, 0) is 23.5 Å². The highest BCUT2D eigenvalue weighted by Crippen LogP contribution is 2.41. The lowest BCUT2D eigenvalue weighted by molar-refractivity contribution is -0.142. The van der Waals surface area contributed by atoms with E-state index < -0.39 is 52.1 Å². The molecule has 33 heavy (non-hydrogen) atoms. The van der Waals surface area contributed by atoms with E-state index in [0.29, 0.717) is 9.99 Å². The Balaban J connectivity index is 2.30. The van der Waals surface area contributed by atoms with Gasteiger partial charge < -0.3 is 10.3 Å². The number of hydrogen-bond acceptors (Lipinski definition) is 4. The molecule has 0 radical (unpaired) electrons. The number of aromatic nitrogens is 3. The van der Waals surface area contributed by atoms with E-state index >= 15 is 0 Å². The Labute approximate surface area is 192 Å². The van der Waals surface area contributed by atoms with Gasteiger partial charge in [0.25, 0.3) is 5.91 Å². The van der Waals surface area contributed by atoms with Crippen molar-refractivity contribution in [3.8, 4) is 17.0 Å². The Kier molecular flexibility index (Phi) is 7.19. The molecule has 1 amide bonds. The molecule has 3 aromatic rings. The Hall–Kier alpha value is -3.23. The highest BCUT2D eigenvalue weighted by molar-refractivity contribution is 7.27. The Bertz CT molecular complexity index is 1280. The van der Waals surface area contributed by atoms with E-state index in [1.54, 1.807) is 12.1 Å². The second-order valence-corrected chi connectivity index (χ2v) is 7.50. The fourth-order valence-electron chi connectivity index (χ4n) is 3.04. The van der Waals surface area contributed by atoms with Gasteiger partial charge >= 0.3 is 6.18 Å². The van der Waals surface area contributed by atoms with E-state index in [9.17, 15) is 22.4 Å². The third-order valence-electron chi connectivity index (χ3n) is 4.42. The quantitative estimate of drug-likeness (QED) is 0.219. The summed E-state index contributed by atoms with van der Waals surface area (Å²) in [4.78, 5) is 12.2. The van der Waals surface area contributed by atoms with Crippen LogP contribution in [-0.2, 0) is 6.18 Å². The lowest BCUT2D eigenvalue weighted by Crippen LogP contribution is -2.17. The molecule has 12 heteroatoms. The summed E-state index contributed by atoms with van der Waals surface area (Å²) in [5.41, 5.74) is 2.44. The molecule has 0 fully saturated rings. The first kappa shape index (κ1) is 24.4. The van der Waals surface area contributed by atoms with Crippen molar-refractivity contribution in [3.05, 3.63) is 78.0 Å². The Morgan fingerprint density at radius 2 is 2.09 bits per heavy atom. The second kappa shape index (κ2) is 9.72. The van der Waals surface area contributed by atoms with Crippen molar-refractivity contribution in [1.29, 1.82) is 0 Å². The number of allylic oxidation sites excluding steroid dienone is 5. The Morgan fingerprint density at radius 1 is 1.36 bits per heavy atom. The molecule has 1 unspecified atom stereocenters. The third-order valence-corrected chi connectivity index (χ3v) is 5.05. The van der Waals surface area contributed by atoms with E-state index in [4.69, 9.17) is 21.9 Å². The maximum atomic E-state index is 14.6. The van der Waals surface area contributed by atoms with Gasteiger partial charge in [-0.3, -0.25) is 4.79 Å². The highest BCUT2D eigenvalue weighted by atomic mass is 35.5. The van der Waals surface area contributed by atoms with Crippen molar-refractivity contribution >= 4 is 37.6 Å². The van der Waals surface area contributed by atoms with Gasteiger partial charge in [0.1, 0.15) is 17.1 Å². The molecule has 2 N–H and O–H groups in total. The molecule has 172 valence electrons. The van der Waals surface area contributed by atoms with Crippen LogP contribution < -0.4 is 11.0 Å². The SMILES string of the molecule is C=C/C=C\C(F)=C(/CCl)c1noc(-c2cnn(-c3cccc(P)c3)c2C(F)(F)F)c1C(N)=O. The molecule has 0 saturated heterocycles. The van der Waals surface area contributed by atoms with Crippen LogP contribution in [0.15, 0.2) is 65.6 Å². The van der Waals surface area contributed by atoms with E-state index in [-0.39, 0.29) is 11.3 Å². The number of rotatable bonds is 7. The van der Waals surface area contributed by atoms with Gasteiger partial charge in [-0.1, -0.05) is 36.0 Å². The molecule has 2 heterocycles. The maximum Gasteiger partial charge on any atom is 0.434 e. The molecule has 0 bridgehead atoms. The number of nitrogens with two attached hydrogens (primary N) is 1. The molecule has 0 saturated carbocycles. The van der Waals surface area contributed by atoms with Crippen molar-refractivity contribution in [2.24, 2.45) is 5.73 Å². The first-order chi connectivity index (χ1) is 15.6.